The van der Waals surface area contributed by atoms with Gasteiger partial charge >= 0.3 is 0 Å². The number of benzene rings is 2. The molecule has 2 heterocycles. The molecule has 7 nitrogen and oxygen atoms in total. The first-order valence-electron chi connectivity index (χ1n) is 10.0. The molecule has 0 saturated carbocycles. The van der Waals surface area contributed by atoms with E-state index < -0.39 is 9.84 Å². The molecule has 0 unspecified atom stereocenters. The number of ether oxygens (including phenoxy) is 1. The molecular weight excluding hydrogens is 480 g/mol. The summed E-state index contributed by atoms with van der Waals surface area (Å²) < 4.78 is 35.1. The fraction of sp³-hybridized carbons (Fsp3) is 0.217. The predicted octanol–water partition coefficient (Wildman–Crippen LogP) is 5.02. The first-order chi connectivity index (χ1) is 15.8. The van der Waals surface area contributed by atoms with Gasteiger partial charge in [-0.1, -0.05) is 11.3 Å². The number of rotatable bonds is 9. The van der Waals surface area contributed by atoms with Crippen LogP contribution in [0, 0.1) is 0 Å². The number of nitrogens with zero attached hydrogens (tertiary/aromatic N) is 2. The van der Waals surface area contributed by atoms with Crippen LogP contribution in [-0.2, 0) is 21.2 Å². The number of carbonyl (C=O) groups is 1. The fourth-order valence-corrected chi connectivity index (χ4v) is 5.71. The molecule has 0 aliphatic rings. The third-order valence-corrected chi connectivity index (χ3v) is 8.01. The van der Waals surface area contributed by atoms with Crippen molar-refractivity contribution < 1.29 is 22.4 Å². The zero-order valence-electron chi connectivity index (χ0n) is 18.1. The fourth-order valence-electron chi connectivity index (χ4n) is 3.12. The normalized spacial score (nSPS) is 11.6. The third-order valence-electron chi connectivity index (χ3n) is 4.85. The number of fused-ring (bicyclic) bond motifs is 1. The second kappa shape index (κ2) is 9.98. The molecule has 0 N–H and O–H groups in total. The van der Waals surface area contributed by atoms with Crippen molar-refractivity contribution in [2.45, 2.75) is 22.8 Å². The Labute approximate surface area is 200 Å². The topological polar surface area (TPSA) is 89.7 Å². The quantitative estimate of drug-likeness (QED) is 0.297. The summed E-state index contributed by atoms with van der Waals surface area (Å²) in [4.78, 5) is 20.6. The highest BCUT2D eigenvalue weighted by Crippen LogP contribution is 2.32. The van der Waals surface area contributed by atoms with Gasteiger partial charge in [0.05, 0.1) is 35.0 Å². The molecule has 0 radical (unpaired) electrons. The maximum Gasteiger partial charge on any atom is 0.230 e. The summed E-state index contributed by atoms with van der Waals surface area (Å²) in [6.07, 6.45) is 3.04. The minimum atomic E-state index is -3.33. The number of methoxy groups -OCH3 is 1. The number of carbonyl (C=O) groups excluding carboxylic acids is 1. The number of amides is 1. The summed E-state index contributed by atoms with van der Waals surface area (Å²) in [6.45, 7) is 0.248. The Morgan fingerprint density at radius 2 is 1.97 bits per heavy atom. The molecule has 0 bridgehead atoms. The van der Waals surface area contributed by atoms with Gasteiger partial charge in [0.2, 0.25) is 5.91 Å². The zero-order chi connectivity index (χ0) is 23.4. The van der Waals surface area contributed by atoms with Gasteiger partial charge < -0.3 is 9.15 Å². The van der Waals surface area contributed by atoms with E-state index in [1.54, 1.807) is 48.2 Å². The van der Waals surface area contributed by atoms with Gasteiger partial charge in [-0.05, 0) is 54.6 Å². The summed E-state index contributed by atoms with van der Waals surface area (Å²) >= 11 is 2.87. The van der Waals surface area contributed by atoms with E-state index in [0.29, 0.717) is 33.3 Å². The van der Waals surface area contributed by atoms with Gasteiger partial charge in [0, 0.05) is 23.3 Å². The first-order valence-corrected chi connectivity index (χ1v) is 13.7. The van der Waals surface area contributed by atoms with Crippen molar-refractivity contribution in [3.63, 3.8) is 0 Å². The van der Waals surface area contributed by atoms with Crippen LogP contribution < -0.4 is 9.64 Å². The molecule has 0 saturated heterocycles. The minimum absolute atomic E-state index is 0.0881. The Morgan fingerprint density at radius 3 is 2.64 bits per heavy atom. The lowest BCUT2D eigenvalue weighted by Crippen LogP contribution is -2.30. The van der Waals surface area contributed by atoms with E-state index in [1.165, 1.54) is 23.7 Å². The monoisotopic (exact) mass is 502 g/mol. The smallest absolute Gasteiger partial charge is 0.230 e. The van der Waals surface area contributed by atoms with Gasteiger partial charge in [0.25, 0.3) is 0 Å². The third kappa shape index (κ3) is 5.76. The van der Waals surface area contributed by atoms with Gasteiger partial charge in [-0.2, -0.15) is 0 Å². The molecule has 4 aromatic rings. The van der Waals surface area contributed by atoms with E-state index in [2.05, 4.69) is 4.98 Å². The van der Waals surface area contributed by atoms with Crippen molar-refractivity contribution in [3.8, 4) is 5.75 Å². The van der Waals surface area contributed by atoms with Crippen molar-refractivity contribution in [2.24, 2.45) is 0 Å². The lowest BCUT2D eigenvalue weighted by molar-refractivity contribution is -0.118. The molecule has 2 aromatic heterocycles. The van der Waals surface area contributed by atoms with Crippen LogP contribution in [0.15, 0.2) is 75.1 Å². The SMILES string of the molecule is COc1ccc(SCCC(=O)N(Cc2ccco2)c2nc3ccc(S(C)(=O)=O)cc3s2)cc1. The second-order valence-electron chi connectivity index (χ2n) is 7.23. The number of aromatic nitrogens is 1. The van der Waals surface area contributed by atoms with Crippen LogP contribution in [0.3, 0.4) is 0 Å². The number of hydrogen-bond acceptors (Lipinski definition) is 8. The van der Waals surface area contributed by atoms with Crippen LogP contribution in [0.1, 0.15) is 12.2 Å². The molecule has 10 heteroatoms. The van der Waals surface area contributed by atoms with Gasteiger partial charge in [0.1, 0.15) is 11.5 Å². The van der Waals surface area contributed by atoms with Crippen LogP contribution in [0.5, 0.6) is 5.75 Å². The van der Waals surface area contributed by atoms with Crippen LogP contribution in [0.25, 0.3) is 10.2 Å². The van der Waals surface area contributed by atoms with Crippen molar-refractivity contribution >= 4 is 54.2 Å². The number of furan rings is 1. The summed E-state index contributed by atoms with van der Waals surface area (Å²) in [6, 6.07) is 16.1. The molecule has 1 amide bonds. The van der Waals surface area contributed by atoms with Crippen molar-refractivity contribution in [1.29, 1.82) is 0 Å². The number of thioether (sulfide) groups is 1. The highest BCUT2D eigenvalue weighted by molar-refractivity contribution is 7.99. The minimum Gasteiger partial charge on any atom is -0.497 e. The van der Waals surface area contributed by atoms with Gasteiger partial charge in [0.15, 0.2) is 15.0 Å². The van der Waals surface area contributed by atoms with Crippen molar-refractivity contribution in [1.82, 2.24) is 4.98 Å². The Kier molecular flexibility index (Phi) is 7.06. The highest BCUT2D eigenvalue weighted by Gasteiger charge is 2.22. The van der Waals surface area contributed by atoms with Gasteiger partial charge in [-0.15, -0.1) is 11.8 Å². The van der Waals surface area contributed by atoms with Gasteiger partial charge in [-0.25, -0.2) is 13.4 Å². The van der Waals surface area contributed by atoms with Crippen LogP contribution >= 0.6 is 23.1 Å². The largest absolute Gasteiger partial charge is 0.497 e. The lowest BCUT2D eigenvalue weighted by Gasteiger charge is -2.18. The highest BCUT2D eigenvalue weighted by atomic mass is 32.2. The molecule has 2 aromatic carbocycles. The molecule has 0 fully saturated rings. The van der Waals surface area contributed by atoms with Crippen LogP contribution in [0.4, 0.5) is 5.13 Å². The molecule has 172 valence electrons. The molecule has 33 heavy (non-hydrogen) atoms. The Hall–Kier alpha value is -2.82. The zero-order valence-corrected chi connectivity index (χ0v) is 20.5. The second-order valence-corrected chi connectivity index (χ2v) is 11.4. The van der Waals surface area contributed by atoms with E-state index in [0.717, 1.165) is 10.6 Å². The average Bonchev–Trinajstić information content (AvgIpc) is 3.46. The van der Waals surface area contributed by atoms with E-state index in [1.807, 2.05) is 30.3 Å². The number of sulfone groups is 1. The summed E-state index contributed by atoms with van der Waals surface area (Å²) in [5, 5.41) is 0.506. The van der Waals surface area contributed by atoms with E-state index in [4.69, 9.17) is 9.15 Å². The standard InChI is InChI=1S/C23H22N2O5S3/c1-29-16-5-7-18(8-6-16)31-13-11-22(26)25(15-17-4-3-12-30-17)23-24-20-10-9-19(33(2,27)28)14-21(20)32-23/h3-10,12,14H,11,13,15H2,1-2H3. The molecule has 0 spiro atoms. The Morgan fingerprint density at radius 1 is 1.18 bits per heavy atom. The average molecular weight is 503 g/mol. The van der Waals surface area contributed by atoms with E-state index >= 15 is 0 Å². The molecule has 0 aliphatic heterocycles. The van der Waals surface area contributed by atoms with Crippen LogP contribution in [-0.4, -0.2) is 38.4 Å². The van der Waals surface area contributed by atoms with Crippen LogP contribution in [0.2, 0.25) is 0 Å². The van der Waals surface area contributed by atoms with Crippen molar-refractivity contribution in [2.75, 3.05) is 24.0 Å². The number of thiazole rings is 1. The summed E-state index contributed by atoms with van der Waals surface area (Å²) in [5.74, 6) is 1.94. The summed E-state index contributed by atoms with van der Waals surface area (Å²) in [7, 11) is -1.71. The number of anilines is 1. The predicted molar refractivity (Wildman–Crippen MR) is 131 cm³/mol. The summed E-state index contributed by atoms with van der Waals surface area (Å²) in [5.41, 5.74) is 0.646. The Bertz CT molecular complexity index is 1350. The van der Waals surface area contributed by atoms with E-state index in [9.17, 15) is 13.2 Å². The molecule has 0 aliphatic carbocycles. The Balaban J connectivity index is 1.53. The van der Waals surface area contributed by atoms with Crippen molar-refractivity contribution in [3.05, 3.63) is 66.6 Å². The lowest BCUT2D eigenvalue weighted by atomic mass is 10.3. The molecular formula is C23H22N2O5S3. The van der Waals surface area contributed by atoms with Gasteiger partial charge in [-0.3, -0.25) is 9.69 Å². The molecule has 4 rings (SSSR count). The van der Waals surface area contributed by atoms with E-state index in [-0.39, 0.29) is 17.3 Å². The molecule has 0 atom stereocenters. The maximum atomic E-state index is 13.2. The number of hydrogen-bond donors (Lipinski definition) is 0. The maximum absolute atomic E-state index is 13.2. The first kappa shape index (κ1) is 23.3.